The van der Waals surface area contributed by atoms with E-state index in [4.69, 9.17) is 4.74 Å². The number of methoxy groups -OCH3 is 1. The summed E-state index contributed by atoms with van der Waals surface area (Å²) >= 11 is 0. The number of benzene rings is 1. The second-order valence-electron chi connectivity index (χ2n) is 4.19. The topological polar surface area (TPSA) is 82.2 Å². The van der Waals surface area contributed by atoms with E-state index in [9.17, 15) is 10.1 Å². The Morgan fingerprint density at radius 3 is 2.75 bits per heavy atom. The zero-order valence-electron chi connectivity index (χ0n) is 11.2. The number of nitrogens with zero attached hydrogens (tertiary/aromatic N) is 3. The van der Waals surface area contributed by atoms with E-state index < -0.39 is 4.92 Å². The lowest BCUT2D eigenvalue weighted by atomic mass is 10.3. The van der Waals surface area contributed by atoms with Crippen molar-refractivity contribution < 1.29 is 9.66 Å². The molecule has 1 aromatic carbocycles. The maximum atomic E-state index is 10.6. The molecule has 0 atom stereocenters. The number of nitro benzene ring substituents is 1. The molecule has 1 aromatic heterocycles. The number of hydrogen-bond donors (Lipinski definition) is 1. The smallest absolute Gasteiger partial charge is 0.269 e. The van der Waals surface area contributed by atoms with Crippen LogP contribution in [0.4, 0.5) is 5.69 Å². The second kappa shape index (κ2) is 6.78. The highest BCUT2D eigenvalue weighted by atomic mass is 16.6. The van der Waals surface area contributed by atoms with Gasteiger partial charge in [0.2, 0.25) is 0 Å². The van der Waals surface area contributed by atoms with Gasteiger partial charge in [0.1, 0.15) is 0 Å². The summed E-state index contributed by atoms with van der Waals surface area (Å²) in [4.78, 5) is 10.2. The van der Waals surface area contributed by atoms with Crippen molar-refractivity contribution in [1.29, 1.82) is 0 Å². The van der Waals surface area contributed by atoms with Crippen LogP contribution in [0, 0.1) is 10.1 Å². The summed E-state index contributed by atoms with van der Waals surface area (Å²) in [5.41, 5.74) is 1.76. The van der Waals surface area contributed by atoms with Gasteiger partial charge in [0, 0.05) is 38.5 Å². The molecule has 7 heteroatoms. The molecule has 0 aliphatic heterocycles. The third kappa shape index (κ3) is 3.62. The Morgan fingerprint density at radius 1 is 1.35 bits per heavy atom. The molecule has 0 aliphatic rings. The van der Waals surface area contributed by atoms with Crippen LogP contribution >= 0.6 is 0 Å². The first kappa shape index (κ1) is 14.2. The average Bonchev–Trinajstić information content (AvgIpc) is 2.92. The zero-order chi connectivity index (χ0) is 14.4. The number of ether oxygens (including phenoxy) is 1. The molecule has 0 amide bonds. The molecule has 20 heavy (non-hydrogen) atoms. The molecule has 1 heterocycles. The van der Waals surface area contributed by atoms with E-state index in [1.165, 1.54) is 12.1 Å². The Bertz CT molecular complexity index is 565. The van der Waals surface area contributed by atoms with Gasteiger partial charge in [-0.1, -0.05) is 0 Å². The Hall–Kier alpha value is -2.25. The van der Waals surface area contributed by atoms with Gasteiger partial charge in [-0.15, -0.1) is 0 Å². The van der Waals surface area contributed by atoms with E-state index in [-0.39, 0.29) is 5.69 Å². The minimum Gasteiger partial charge on any atom is -0.383 e. The summed E-state index contributed by atoms with van der Waals surface area (Å²) in [6.45, 7) is 2.08. The van der Waals surface area contributed by atoms with Gasteiger partial charge in [-0.3, -0.25) is 10.1 Å². The molecule has 0 bridgehead atoms. The predicted molar refractivity (Wildman–Crippen MR) is 73.8 cm³/mol. The maximum Gasteiger partial charge on any atom is 0.269 e. The Balaban J connectivity index is 1.99. The van der Waals surface area contributed by atoms with Crippen molar-refractivity contribution in [3.8, 4) is 5.69 Å². The van der Waals surface area contributed by atoms with Gasteiger partial charge < -0.3 is 10.1 Å². The van der Waals surface area contributed by atoms with Crippen molar-refractivity contribution in [3.63, 3.8) is 0 Å². The van der Waals surface area contributed by atoms with Gasteiger partial charge in [-0.05, 0) is 18.2 Å². The van der Waals surface area contributed by atoms with Crippen molar-refractivity contribution in [2.24, 2.45) is 0 Å². The van der Waals surface area contributed by atoms with Crippen LogP contribution in [0.25, 0.3) is 5.69 Å². The molecular formula is C13H16N4O3. The predicted octanol–water partition coefficient (Wildman–Crippen LogP) is 1.52. The van der Waals surface area contributed by atoms with Gasteiger partial charge in [0.25, 0.3) is 5.69 Å². The fourth-order valence-corrected chi connectivity index (χ4v) is 1.72. The first-order valence-electron chi connectivity index (χ1n) is 6.20. The third-order valence-electron chi connectivity index (χ3n) is 2.76. The van der Waals surface area contributed by atoms with E-state index in [1.807, 2.05) is 12.3 Å². The molecule has 0 spiro atoms. The van der Waals surface area contributed by atoms with Crippen LogP contribution in [-0.2, 0) is 11.3 Å². The number of non-ortho nitro benzene ring substituents is 1. The molecule has 106 valence electrons. The van der Waals surface area contributed by atoms with Crippen LogP contribution in [0.5, 0.6) is 0 Å². The quantitative estimate of drug-likeness (QED) is 0.471. The third-order valence-corrected chi connectivity index (χ3v) is 2.76. The first-order valence-corrected chi connectivity index (χ1v) is 6.20. The van der Waals surface area contributed by atoms with Gasteiger partial charge in [0.15, 0.2) is 0 Å². The van der Waals surface area contributed by atoms with Crippen LogP contribution < -0.4 is 5.32 Å². The van der Waals surface area contributed by atoms with E-state index in [0.29, 0.717) is 13.2 Å². The van der Waals surface area contributed by atoms with Crippen molar-refractivity contribution in [3.05, 3.63) is 52.3 Å². The fourth-order valence-electron chi connectivity index (χ4n) is 1.72. The van der Waals surface area contributed by atoms with E-state index in [1.54, 1.807) is 23.9 Å². The highest BCUT2D eigenvalue weighted by Gasteiger charge is 2.06. The Kier molecular flexibility index (Phi) is 4.80. The summed E-state index contributed by atoms with van der Waals surface area (Å²) < 4.78 is 6.63. The molecular weight excluding hydrogens is 260 g/mol. The zero-order valence-corrected chi connectivity index (χ0v) is 11.2. The highest BCUT2D eigenvalue weighted by Crippen LogP contribution is 2.14. The van der Waals surface area contributed by atoms with E-state index in [0.717, 1.165) is 17.9 Å². The first-order chi connectivity index (χ1) is 9.70. The van der Waals surface area contributed by atoms with Crippen LogP contribution in [0.1, 0.15) is 5.69 Å². The Labute approximate surface area is 116 Å². The molecule has 1 N–H and O–H groups in total. The van der Waals surface area contributed by atoms with Gasteiger partial charge >= 0.3 is 0 Å². The molecule has 0 saturated carbocycles. The highest BCUT2D eigenvalue weighted by molar-refractivity contribution is 5.40. The monoisotopic (exact) mass is 276 g/mol. The average molecular weight is 276 g/mol. The maximum absolute atomic E-state index is 10.6. The summed E-state index contributed by atoms with van der Waals surface area (Å²) in [6.07, 6.45) is 1.83. The second-order valence-corrected chi connectivity index (χ2v) is 4.19. The largest absolute Gasteiger partial charge is 0.383 e. The lowest BCUT2D eigenvalue weighted by Gasteiger charge is -2.02. The molecule has 0 aliphatic carbocycles. The number of hydrogen-bond acceptors (Lipinski definition) is 5. The number of nitro groups is 1. The van der Waals surface area contributed by atoms with Crippen molar-refractivity contribution in [2.75, 3.05) is 20.3 Å². The minimum atomic E-state index is -0.419. The van der Waals surface area contributed by atoms with Gasteiger partial charge in [-0.25, -0.2) is 4.68 Å². The SMILES string of the molecule is COCCNCc1ccn(-c2ccc([N+](=O)[O-])cc2)n1. The standard InChI is InChI=1S/C13H16N4O3/c1-20-9-7-14-10-11-6-8-16(15-11)12-2-4-13(5-3-12)17(18)19/h2-6,8,14H,7,9-10H2,1H3. The molecule has 7 nitrogen and oxygen atoms in total. The van der Waals surface area contributed by atoms with Crippen LogP contribution in [-0.4, -0.2) is 35.0 Å². The van der Waals surface area contributed by atoms with Crippen LogP contribution in [0.2, 0.25) is 0 Å². The van der Waals surface area contributed by atoms with Crippen LogP contribution in [0.3, 0.4) is 0 Å². The summed E-state index contributed by atoms with van der Waals surface area (Å²) in [5.74, 6) is 0. The summed E-state index contributed by atoms with van der Waals surface area (Å²) in [5, 5.41) is 18.2. The normalized spacial score (nSPS) is 10.7. The Morgan fingerprint density at radius 2 is 2.10 bits per heavy atom. The van der Waals surface area contributed by atoms with Gasteiger partial charge in [0.05, 0.1) is 22.9 Å². The van der Waals surface area contributed by atoms with Crippen molar-refractivity contribution >= 4 is 5.69 Å². The number of nitrogens with one attached hydrogen (secondary N) is 1. The molecule has 0 unspecified atom stereocenters. The van der Waals surface area contributed by atoms with Crippen LogP contribution in [0.15, 0.2) is 36.5 Å². The molecule has 2 aromatic rings. The molecule has 0 fully saturated rings. The lowest BCUT2D eigenvalue weighted by Crippen LogP contribution is -2.18. The molecule has 0 saturated heterocycles. The van der Waals surface area contributed by atoms with Crippen molar-refractivity contribution in [1.82, 2.24) is 15.1 Å². The van der Waals surface area contributed by atoms with Gasteiger partial charge in [-0.2, -0.15) is 5.10 Å². The summed E-state index contributed by atoms with van der Waals surface area (Å²) in [7, 11) is 1.66. The lowest BCUT2D eigenvalue weighted by molar-refractivity contribution is -0.384. The van der Waals surface area contributed by atoms with E-state index in [2.05, 4.69) is 10.4 Å². The number of rotatable bonds is 7. The van der Waals surface area contributed by atoms with Crippen molar-refractivity contribution in [2.45, 2.75) is 6.54 Å². The molecule has 0 radical (unpaired) electrons. The fraction of sp³-hybridized carbons (Fsp3) is 0.308. The summed E-state index contributed by atoms with van der Waals surface area (Å²) in [6, 6.07) is 8.18. The molecule has 2 rings (SSSR count). The van der Waals surface area contributed by atoms with E-state index >= 15 is 0 Å². The number of aromatic nitrogens is 2. The minimum absolute atomic E-state index is 0.0716.